The smallest absolute Gasteiger partial charge is 0.223 e. The lowest BCUT2D eigenvalue weighted by atomic mass is 9.94. The van der Waals surface area contributed by atoms with Gasteiger partial charge in [-0.1, -0.05) is 60.2 Å². The molecule has 1 amide bonds. The summed E-state index contributed by atoms with van der Waals surface area (Å²) >= 11 is 0. The molecule has 0 aliphatic carbocycles. The van der Waals surface area contributed by atoms with E-state index in [4.69, 9.17) is 0 Å². The zero-order chi connectivity index (χ0) is 15.5. The number of hydrogen-bond acceptors (Lipinski definition) is 2. The number of likely N-dealkylation sites (tertiary alicyclic amines) is 1. The van der Waals surface area contributed by atoms with E-state index in [1.54, 1.807) is 0 Å². The number of carbonyl (C=O) groups excluding carboxylic acids is 1. The minimum Gasteiger partial charge on any atom is -0.388 e. The van der Waals surface area contributed by atoms with Gasteiger partial charge in [0.2, 0.25) is 5.91 Å². The highest BCUT2D eigenvalue weighted by atomic mass is 16.3. The van der Waals surface area contributed by atoms with Crippen LogP contribution < -0.4 is 0 Å². The normalized spacial score (nSPS) is 19.5. The summed E-state index contributed by atoms with van der Waals surface area (Å²) in [5.74, 6) is 0.0962. The van der Waals surface area contributed by atoms with Gasteiger partial charge in [0.25, 0.3) is 0 Å². The van der Waals surface area contributed by atoms with E-state index < -0.39 is 6.10 Å². The molecule has 1 heterocycles. The summed E-state index contributed by atoms with van der Waals surface area (Å²) in [5, 5.41) is 10.5. The number of aliphatic hydroxyl groups is 1. The van der Waals surface area contributed by atoms with Crippen molar-refractivity contribution in [3.8, 4) is 0 Å². The molecule has 1 saturated heterocycles. The molecule has 22 heavy (non-hydrogen) atoms. The van der Waals surface area contributed by atoms with Gasteiger partial charge < -0.3 is 10.0 Å². The van der Waals surface area contributed by atoms with Crippen molar-refractivity contribution in [2.45, 2.75) is 26.0 Å². The fourth-order valence-corrected chi connectivity index (χ4v) is 3.01. The summed E-state index contributed by atoms with van der Waals surface area (Å²) in [4.78, 5) is 14.0. The Morgan fingerprint density at radius 2 is 1.82 bits per heavy atom. The van der Waals surface area contributed by atoms with Gasteiger partial charge in [-0.3, -0.25) is 4.79 Å². The second-order valence-corrected chi connectivity index (χ2v) is 6.08. The molecule has 2 aromatic carbocycles. The standard InChI is InChI=1S/C19H21NO2/c1-14-7-9-16(10-8-14)19(22)17-11-18(21)20(13-17)12-15-5-3-2-4-6-15/h2-10,17,19,22H,11-13H2,1H3. The molecule has 1 aliphatic rings. The van der Waals surface area contributed by atoms with Gasteiger partial charge in [0.1, 0.15) is 0 Å². The van der Waals surface area contributed by atoms with Crippen LogP contribution in [0.2, 0.25) is 0 Å². The van der Waals surface area contributed by atoms with Gasteiger partial charge in [-0.15, -0.1) is 0 Å². The second-order valence-electron chi connectivity index (χ2n) is 6.08. The largest absolute Gasteiger partial charge is 0.388 e. The predicted molar refractivity (Wildman–Crippen MR) is 86.1 cm³/mol. The molecule has 1 aliphatic heterocycles. The molecule has 3 heteroatoms. The highest BCUT2D eigenvalue weighted by molar-refractivity contribution is 5.78. The lowest BCUT2D eigenvalue weighted by Crippen LogP contribution is -2.25. The molecular weight excluding hydrogens is 274 g/mol. The van der Waals surface area contributed by atoms with Crippen molar-refractivity contribution in [2.24, 2.45) is 5.92 Å². The van der Waals surface area contributed by atoms with Crippen LogP contribution in [0.1, 0.15) is 29.2 Å². The lowest BCUT2D eigenvalue weighted by molar-refractivity contribution is -0.128. The third kappa shape index (κ3) is 3.20. The van der Waals surface area contributed by atoms with Crippen molar-refractivity contribution < 1.29 is 9.90 Å². The Hall–Kier alpha value is -2.13. The van der Waals surface area contributed by atoms with Crippen LogP contribution in [0.15, 0.2) is 54.6 Å². The van der Waals surface area contributed by atoms with Crippen LogP contribution in [0, 0.1) is 12.8 Å². The number of amides is 1. The molecule has 2 unspecified atom stereocenters. The van der Waals surface area contributed by atoms with E-state index in [0.29, 0.717) is 19.5 Å². The van der Waals surface area contributed by atoms with Crippen LogP contribution in [0.4, 0.5) is 0 Å². The molecule has 3 nitrogen and oxygen atoms in total. The Kier molecular flexibility index (Phi) is 4.25. The maximum absolute atomic E-state index is 12.2. The zero-order valence-corrected chi connectivity index (χ0v) is 12.8. The van der Waals surface area contributed by atoms with Crippen LogP contribution in [0.5, 0.6) is 0 Å². The highest BCUT2D eigenvalue weighted by Gasteiger charge is 2.34. The van der Waals surface area contributed by atoms with Crippen molar-refractivity contribution in [1.82, 2.24) is 4.90 Å². The summed E-state index contributed by atoms with van der Waals surface area (Å²) in [7, 11) is 0. The first-order chi connectivity index (χ1) is 10.6. The summed E-state index contributed by atoms with van der Waals surface area (Å²) in [6.07, 6.45) is -0.160. The molecule has 2 aromatic rings. The van der Waals surface area contributed by atoms with Gasteiger partial charge in [0.15, 0.2) is 0 Å². The maximum atomic E-state index is 12.2. The average Bonchev–Trinajstić information content (AvgIpc) is 2.89. The first-order valence-electron chi connectivity index (χ1n) is 7.70. The SMILES string of the molecule is Cc1ccc(C(O)C2CC(=O)N(Cc3ccccc3)C2)cc1. The number of hydrogen-bond donors (Lipinski definition) is 1. The van der Waals surface area contributed by atoms with Crippen LogP contribution in [0.25, 0.3) is 0 Å². The van der Waals surface area contributed by atoms with Crippen LogP contribution >= 0.6 is 0 Å². The topological polar surface area (TPSA) is 40.5 Å². The molecule has 3 rings (SSSR count). The molecule has 114 valence electrons. The minimum atomic E-state index is -0.578. The number of nitrogens with zero attached hydrogens (tertiary/aromatic N) is 1. The Bertz CT molecular complexity index is 636. The van der Waals surface area contributed by atoms with Crippen molar-refractivity contribution in [2.75, 3.05) is 6.54 Å². The molecule has 2 atom stereocenters. The van der Waals surface area contributed by atoms with Gasteiger partial charge in [-0.05, 0) is 18.1 Å². The monoisotopic (exact) mass is 295 g/mol. The fourth-order valence-electron chi connectivity index (χ4n) is 3.01. The van der Waals surface area contributed by atoms with E-state index in [1.807, 2.05) is 66.4 Å². The fraction of sp³-hybridized carbons (Fsp3) is 0.316. The lowest BCUT2D eigenvalue weighted by Gasteiger charge is -2.20. The Morgan fingerprint density at radius 1 is 1.14 bits per heavy atom. The highest BCUT2D eigenvalue weighted by Crippen LogP contribution is 2.31. The van der Waals surface area contributed by atoms with E-state index in [-0.39, 0.29) is 11.8 Å². The number of benzene rings is 2. The molecule has 0 aromatic heterocycles. The number of aryl methyl sites for hydroxylation is 1. The van der Waals surface area contributed by atoms with Crippen LogP contribution in [0.3, 0.4) is 0 Å². The van der Waals surface area contributed by atoms with Gasteiger partial charge in [0, 0.05) is 25.4 Å². The van der Waals surface area contributed by atoms with Crippen molar-refractivity contribution in [1.29, 1.82) is 0 Å². The molecule has 1 N–H and O–H groups in total. The van der Waals surface area contributed by atoms with Crippen molar-refractivity contribution in [3.05, 3.63) is 71.3 Å². The number of carbonyl (C=O) groups is 1. The van der Waals surface area contributed by atoms with E-state index in [2.05, 4.69) is 0 Å². The van der Waals surface area contributed by atoms with E-state index >= 15 is 0 Å². The van der Waals surface area contributed by atoms with Crippen molar-refractivity contribution in [3.63, 3.8) is 0 Å². The van der Waals surface area contributed by atoms with Crippen molar-refractivity contribution >= 4 is 5.91 Å². The Morgan fingerprint density at radius 3 is 2.50 bits per heavy atom. The Balaban J connectivity index is 1.67. The predicted octanol–water partition coefficient (Wildman–Crippen LogP) is 3.08. The molecule has 0 spiro atoms. The van der Waals surface area contributed by atoms with E-state index in [1.165, 1.54) is 5.56 Å². The first kappa shape index (κ1) is 14.8. The third-order valence-corrected chi connectivity index (χ3v) is 4.33. The average molecular weight is 295 g/mol. The Labute approximate surface area is 131 Å². The van der Waals surface area contributed by atoms with E-state index in [9.17, 15) is 9.90 Å². The maximum Gasteiger partial charge on any atom is 0.223 e. The number of rotatable bonds is 4. The minimum absolute atomic E-state index is 0.0288. The third-order valence-electron chi connectivity index (χ3n) is 4.33. The zero-order valence-electron chi connectivity index (χ0n) is 12.8. The molecule has 0 saturated carbocycles. The van der Waals surface area contributed by atoms with Crippen LogP contribution in [-0.4, -0.2) is 22.5 Å². The summed E-state index contributed by atoms with van der Waals surface area (Å²) in [6.45, 7) is 3.26. The van der Waals surface area contributed by atoms with Gasteiger partial charge >= 0.3 is 0 Å². The van der Waals surface area contributed by atoms with E-state index in [0.717, 1.165) is 11.1 Å². The van der Waals surface area contributed by atoms with Gasteiger partial charge in [0.05, 0.1) is 6.10 Å². The quantitative estimate of drug-likeness (QED) is 0.941. The second kappa shape index (κ2) is 6.32. The molecule has 0 radical (unpaired) electrons. The first-order valence-corrected chi connectivity index (χ1v) is 7.70. The molecular formula is C19H21NO2. The summed E-state index contributed by atoms with van der Waals surface area (Å²) in [6, 6.07) is 17.9. The molecule has 0 bridgehead atoms. The van der Waals surface area contributed by atoms with Gasteiger partial charge in [-0.2, -0.15) is 0 Å². The molecule has 1 fully saturated rings. The van der Waals surface area contributed by atoms with Crippen LogP contribution in [-0.2, 0) is 11.3 Å². The summed E-state index contributed by atoms with van der Waals surface area (Å²) in [5.41, 5.74) is 3.19. The van der Waals surface area contributed by atoms with Gasteiger partial charge in [-0.25, -0.2) is 0 Å². The summed E-state index contributed by atoms with van der Waals surface area (Å²) < 4.78 is 0. The number of aliphatic hydroxyl groups excluding tert-OH is 1.